The zero-order valence-corrected chi connectivity index (χ0v) is 7.51. The van der Waals surface area contributed by atoms with Crippen LogP contribution in [0.3, 0.4) is 0 Å². The van der Waals surface area contributed by atoms with Gasteiger partial charge in [-0.1, -0.05) is 6.07 Å². The molecule has 0 amide bonds. The number of aliphatic hydroxyl groups is 1. The quantitative estimate of drug-likeness (QED) is 0.758. The van der Waals surface area contributed by atoms with Crippen molar-refractivity contribution in [3.63, 3.8) is 0 Å². The molecule has 72 valence electrons. The van der Waals surface area contributed by atoms with Gasteiger partial charge >= 0.3 is 0 Å². The predicted molar refractivity (Wildman–Crippen MR) is 46.6 cm³/mol. The molecule has 0 radical (unpaired) electrons. The summed E-state index contributed by atoms with van der Waals surface area (Å²) in [6.07, 6.45) is 0. The van der Waals surface area contributed by atoms with Gasteiger partial charge in [0.15, 0.2) is 11.6 Å². The largest absolute Gasteiger partial charge is 0.392 e. The number of anilines is 1. The first-order valence-electron chi connectivity index (χ1n) is 3.83. The summed E-state index contributed by atoms with van der Waals surface area (Å²) >= 11 is 0. The van der Waals surface area contributed by atoms with Crippen molar-refractivity contribution >= 4 is 5.69 Å². The number of aliphatic hydroxyl groups excluding tert-OH is 1. The topological polar surface area (TPSA) is 23.5 Å². The van der Waals surface area contributed by atoms with Gasteiger partial charge in [0.2, 0.25) is 0 Å². The minimum Gasteiger partial charge on any atom is -0.392 e. The number of hydrogen-bond donors (Lipinski definition) is 1. The van der Waals surface area contributed by atoms with E-state index in [9.17, 15) is 8.78 Å². The molecule has 0 spiro atoms. The van der Waals surface area contributed by atoms with Crippen molar-refractivity contribution < 1.29 is 13.9 Å². The molecule has 1 rings (SSSR count). The number of hydrogen-bond acceptors (Lipinski definition) is 2. The Morgan fingerprint density at radius 3 is 2.38 bits per heavy atom. The highest BCUT2D eigenvalue weighted by molar-refractivity contribution is 5.53. The molecule has 0 aliphatic carbocycles. The predicted octanol–water partition coefficient (Wildman–Crippen LogP) is 1.52. The van der Waals surface area contributed by atoms with Crippen LogP contribution in [-0.4, -0.2) is 19.2 Å². The Morgan fingerprint density at radius 2 is 1.92 bits per heavy atom. The van der Waals surface area contributed by atoms with Crippen LogP contribution in [0.2, 0.25) is 0 Å². The highest BCUT2D eigenvalue weighted by Gasteiger charge is 2.14. The molecule has 0 aliphatic heterocycles. The van der Waals surface area contributed by atoms with E-state index >= 15 is 0 Å². The van der Waals surface area contributed by atoms with Crippen LogP contribution in [0.25, 0.3) is 0 Å². The number of nitrogens with zero attached hydrogens (tertiary/aromatic N) is 1. The third kappa shape index (κ3) is 1.78. The first-order valence-corrected chi connectivity index (χ1v) is 3.83. The Morgan fingerprint density at radius 1 is 1.31 bits per heavy atom. The van der Waals surface area contributed by atoms with E-state index in [0.717, 1.165) is 6.07 Å². The van der Waals surface area contributed by atoms with E-state index in [4.69, 9.17) is 5.11 Å². The lowest BCUT2D eigenvalue weighted by Gasteiger charge is -2.17. The molecule has 1 N–H and O–H groups in total. The van der Waals surface area contributed by atoms with E-state index in [1.165, 1.54) is 11.0 Å². The van der Waals surface area contributed by atoms with E-state index in [0.29, 0.717) is 5.56 Å². The Balaban J connectivity index is 3.32. The Hall–Kier alpha value is -1.16. The maximum atomic E-state index is 13.2. The summed E-state index contributed by atoms with van der Waals surface area (Å²) in [5.74, 6) is -1.82. The van der Waals surface area contributed by atoms with Crippen molar-refractivity contribution in [3.8, 4) is 0 Å². The van der Waals surface area contributed by atoms with Gasteiger partial charge in [0.05, 0.1) is 12.3 Å². The van der Waals surface area contributed by atoms with Crippen LogP contribution in [-0.2, 0) is 6.61 Å². The summed E-state index contributed by atoms with van der Waals surface area (Å²) in [6.45, 7) is -0.301. The zero-order valence-electron chi connectivity index (χ0n) is 7.51. The van der Waals surface area contributed by atoms with Gasteiger partial charge in [0, 0.05) is 19.7 Å². The van der Waals surface area contributed by atoms with E-state index < -0.39 is 11.6 Å². The van der Waals surface area contributed by atoms with Crippen molar-refractivity contribution in [2.45, 2.75) is 6.61 Å². The molecule has 0 aliphatic rings. The standard InChI is InChI=1S/C9H11F2NO/c1-12(2)9-6(5-13)3-4-7(10)8(9)11/h3-4,13H,5H2,1-2H3. The summed E-state index contributed by atoms with van der Waals surface area (Å²) < 4.78 is 25.9. The number of benzene rings is 1. The SMILES string of the molecule is CN(C)c1c(CO)ccc(F)c1F. The third-order valence-electron chi connectivity index (χ3n) is 1.77. The van der Waals surface area contributed by atoms with Crippen molar-refractivity contribution in [1.82, 2.24) is 0 Å². The lowest BCUT2D eigenvalue weighted by Crippen LogP contribution is -2.14. The van der Waals surface area contributed by atoms with Gasteiger partial charge in [0.1, 0.15) is 0 Å². The molecule has 13 heavy (non-hydrogen) atoms. The van der Waals surface area contributed by atoms with Crippen LogP contribution >= 0.6 is 0 Å². The molecule has 0 atom stereocenters. The monoisotopic (exact) mass is 187 g/mol. The van der Waals surface area contributed by atoms with E-state index in [2.05, 4.69) is 0 Å². The fourth-order valence-corrected chi connectivity index (χ4v) is 1.19. The highest BCUT2D eigenvalue weighted by Crippen LogP contribution is 2.24. The van der Waals surface area contributed by atoms with Gasteiger partial charge in [-0.05, 0) is 6.07 Å². The molecular weight excluding hydrogens is 176 g/mol. The summed E-state index contributed by atoms with van der Waals surface area (Å²) in [5.41, 5.74) is 0.478. The Labute approximate surface area is 75.4 Å². The molecule has 0 saturated heterocycles. The average Bonchev–Trinajstić information content (AvgIpc) is 2.08. The second-order valence-electron chi connectivity index (χ2n) is 2.92. The van der Waals surface area contributed by atoms with Gasteiger partial charge in [-0.25, -0.2) is 8.78 Å². The van der Waals surface area contributed by atoms with Crippen LogP contribution < -0.4 is 4.90 Å². The fraction of sp³-hybridized carbons (Fsp3) is 0.333. The van der Waals surface area contributed by atoms with Crippen molar-refractivity contribution in [3.05, 3.63) is 29.3 Å². The van der Waals surface area contributed by atoms with Crippen molar-refractivity contribution in [2.24, 2.45) is 0 Å². The third-order valence-corrected chi connectivity index (χ3v) is 1.77. The second-order valence-corrected chi connectivity index (χ2v) is 2.92. The average molecular weight is 187 g/mol. The zero-order chi connectivity index (χ0) is 10.0. The first kappa shape index (κ1) is 9.92. The Bertz CT molecular complexity index is 313. The molecular formula is C9H11F2NO. The van der Waals surface area contributed by atoms with Gasteiger partial charge in [0.25, 0.3) is 0 Å². The van der Waals surface area contributed by atoms with Crippen molar-refractivity contribution in [1.29, 1.82) is 0 Å². The van der Waals surface area contributed by atoms with Gasteiger partial charge in [-0.15, -0.1) is 0 Å². The van der Waals surface area contributed by atoms with Crippen LogP contribution in [0.4, 0.5) is 14.5 Å². The van der Waals surface area contributed by atoms with Crippen LogP contribution in [0.1, 0.15) is 5.56 Å². The molecule has 1 aromatic carbocycles. The van der Waals surface area contributed by atoms with Gasteiger partial charge in [-0.2, -0.15) is 0 Å². The molecule has 2 nitrogen and oxygen atoms in total. The van der Waals surface area contributed by atoms with Crippen molar-refractivity contribution in [2.75, 3.05) is 19.0 Å². The van der Waals surface area contributed by atoms with E-state index in [1.54, 1.807) is 14.1 Å². The number of halogens is 2. The van der Waals surface area contributed by atoms with E-state index in [1.807, 2.05) is 0 Å². The molecule has 0 unspecified atom stereocenters. The minimum atomic E-state index is -0.920. The number of rotatable bonds is 2. The molecule has 4 heteroatoms. The van der Waals surface area contributed by atoms with Gasteiger partial charge < -0.3 is 10.0 Å². The molecule has 0 heterocycles. The van der Waals surface area contributed by atoms with Crippen LogP contribution in [0.5, 0.6) is 0 Å². The lowest BCUT2D eigenvalue weighted by atomic mass is 10.1. The van der Waals surface area contributed by atoms with Crippen LogP contribution in [0, 0.1) is 11.6 Å². The maximum absolute atomic E-state index is 13.2. The maximum Gasteiger partial charge on any atom is 0.182 e. The van der Waals surface area contributed by atoms with Gasteiger partial charge in [-0.3, -0.25) is 0 Å². The molecule has 1 aromatic rings. The van der Waals surface area contributed by atoms with Crippen LogP contribution in [0.15, 0.2) is 12.1 Å². The molecule has 0 fully saturated rings. The normalized spacial score (nSPS) is 10.2. The second kappa shape index (κ2) is 3.70. The minimum absolute atomic E-state index is 0.0995. The lowest BCUT2D eigenvalue weighted by molar-refractivity contribution is 0.281. The highest BCUT2D eigenvalue weighted by atomic mass is 19.2. The molecule has 0 bridgehead atoms. The first-order chi connectivity index (χ1) is 6.07. The Kier molecular flexibility index (Phi) is 2.83. The fourth-order valence-electron chi connectivity index (χ4n) is 1.19. The summed E-state index contributed by atoms with van der Waals surface area (Å²) in [7, 11) is 3.19. The smallest absolute Gasteiger partial charge is 0.182 e. The summed E-state index contributed by atoms with van der Waals surface area (Å²) in [5, 5.41) is 8.87. The summed E-state index contributed by atoms with van der Waals surface area (Å²) in [4.78, 5) is 1.43. The summed E-state index contributed by atoms with van der Waals surface area (Å²) in [6, 6.07) is 2.38. The molecule has 0 saturated carbocycles. The molecule has 0 aromatic heterocycles. The van der Waals surface area contributed by atoms with E-state index in [-0.39, 0.29) is 12.3 Å².